The van der Waals surface area contributed by atoms with E-state index in [4.69, 9.17) is 16.3 Å². The molecule has 1 fully saturated rings. The van der Waals surface area contributed by atoms with Gasteiger partial charge in [0.25, 0.3) is 5.88 Å². The molecule has 0 aliphatic carbocycles. The first kappa shape index (κ1) is 15.8. The van der Waals surface area contributed by atoms with Gasteiger partial charge in [0.1, 0.15) is 11.9 Å². The molecule has 0 bridgehead atoms. The molecule has 0 saturated carbocycles. The highest BCUT2D eigenvalue weighted by atomic mass is 35.5. The number of benzene rings is 1. The van der Waals surface area contributed by atoms with E-state index >= 15 is 0 Å². The highest BCUT2D eigenvalue weighted by molar-refractivity contribution is 6.30. The normalized spacial score (nSPS) is 20.6. The lowest BCUT2D eigenvalue weighted by Gasteiger charge is -2.35. The predicted molar refractivity (Wildman–Crippen MR) is 92.3 cm³/mol. The summed E-state index contributed by atoms with van der Waals surface area (Å²) < 4.78 is 5.91. The van der Waals surface area contributed by atoms with E-state index in [1.165, 1.54) is 6.20 Å². The van der Waals surface area contributed by atoms with Crippen molar-refractivity contribution in [3.8, 4) is 5.88 Å². The first-order chi connectivity index (χ1) is 12.2. The molecule has 2 atom stereocenters. The second kappa shape index (κ2) is 6.68. The molecule has 2 aromatic heterocycles. The molecule has 3 heterocycles. The average molecular weight is 358 g/mol. The SMILES string of the molecule is O=CN1CC[C@H](Oc2nccnc2Cl)C[C@H]1c1nc2ccccc2[nH]1. The molecule has 3 aromatic rings. The van der Waals surface area contributed by atoms with Crippen LogP contribution < -0.4 is 4.74 Å². The first-order valence-corrected chi connectivity index (χ1v) is 8.41. The molecule has 1 aromatic carbocycles. The number of amides is 1. The molecule has 1 aliphatic heterocycles. The molecule has 8 heteroatoms. The Labute approximate surface area is 149 Å². The highest BCUT2D eigenvalue weighted by Crippen LogP contribution is 2.32. The van der Waals surface area contributed by atoms with Gasteiger partial charge in [-0.2, -0.15) is 0 Å². The smallest absolute Gasteiger partial charge is 0.252 e. The molecular formula is C17H16ClN5O2. The Bertz CT molecular complexity index is 866. The number of likely N-dealkylation sites (tertiary alicyclic amines) is 1. The molecule has 0 unspecified atom stereocenters. The number of fused-ring (bicyclic) bond motifs is 1. The minimum Gasteiger partial charge on any atom is -0.472 e. The van der Waals surface area contributed by atoms with Crippen molar-refractivity contribution in [2.24, 2.45) is 0 Å². The Morgan fingerprint density at radius 1 is 1.28 bits per heavy atom. The molecule has 7 nitrogen and oxygen atoms in total. The lowest BCUT2D eigenvalue weighted by Crippen LogP contribution is -2.40. The summed E-state index contributed by atoms with van der Waals surface area (Å²) in [6.45, 7) is 0.577. The van der Waals surface area contributed by atoms with Crippen LogP contribution in [0.2, 0.25) is 5.15 Å². The summed E-state index contributed by atoms with van der Waals surface area (Å²) in [4.78, 5) is 29.3. The number of para-hydroxylation sites is 2. The molecule has 1 aliphatic rings. The maximum atomic E-state index is 11.5. The van der Waals surface area contributed by atoms with Gasteiger partial charge in [-0.1, -0.05) is 23.7 Å². The van der Waals surface area contributed by atoms with E-state index in [2.05, 4.69) is 19.9 Å². The summed E-state index contributed by atoms with van der Waals surface area (Å²) in [5.41, 5.74) is 1.83. The number of imidazole rings is 1. The second-order valence-electron chi connectivity index (χ2n) is 5.91. The first-order valence-electron chi connectivity index (χ1n) is 8.03. The van der Waals surface area contributed by atoms with Crippen molar-refractivity contribution in [2.75, 3.05) is 6.54 Å². The van der Waals surface area contributed by atoms with E-state index in [1.54, 1.807) is 11.1 Å². The van der Waals surface area contributed by atoms with Crippen LogP contribution in [0.4, 0.5) is 0 Å². The molecule has 1 N–H and O–H groups in total. The van der Waals surface area contributed by atoms with E-state index in [9.17, 15) is 4.79 Å². The number of H-pyrrole nitrogens is 1. The topological polar surface area (TPSA) is 84.0 Å². The minimum absolute atomic E-state index is 0.122. The van der Waals surface area contributed by atoms with Crippen LogP contribution in [0, 0.1) is 0 Å². The molecular weight excluding hydrogens is 342 g/mol. The summed E-state index contributed by atoms with van der Waals surface area (Å²) in [5.74, 6) is 1.07. The van der Waals surface area contributed by atoms with Crippen LogP contribution in [0.1, 0.15) is 24.7 Å². The second-order valence-corrected chi connectivity index (χ2v) is 6.27. The number of halogens is 1. The van der Waals surface area contributed by atoms with Crippen molar-refractivity contribution < 1.29 is 9.53 Å². The fourth-order valence-electron chi connectivity index (χ4n) is 3.13. The van der Waals surface area contributed by atoms with Crippen LogP contribution in [0.25, 0.3) is 11.0 Å². The van der Waals surface area contributed by atoms with Crippen LogP contribution >= 0.6 is 11.6 Å². The number of piperidine rings is 1. The van der Waals surface area contributed by atoms with Gasteiger partial charge in [-0.25, -0.2) is 15.0 Å². The lowest BCUT2D eigenvalue weighted by molar-refractivity contribution is -0.123. The van der Waals surface area contributed by atoms with Crippen molar-refractivity contribution in [1.82, 2.24) is 24.8 Å². The fraction of sp³-hybridized carbons (Fsp3) is 0.294. The van der Waals surface area contributed by atoms with E-state index in [0.717, 1.165) is 23.3 Å². The van der Waals surface area contributed by atoms with Crippen molar-refractivity contribution >= 4 is 29.0 Å². The third kappa shape index (κ3) is 3.15. The molecule has 1 saturated heterocycles. The third-order valence-electron chi connectivity index (χ3n) is 4.36. The maximum Gasteiger partial charge on any atom is 0.252 e. The number of nitrogens with zero attached hydrogens (tertiary/aromatic N) is 4. The van der Waals surface area contributed by atoms with Gasteiger partial charge in [0.2, 0.25) is 6.41 Å². The van der Waals surface area contributed by atoms with Gasteiger partial charge in [0.05, 0.1) is 17.1 Å². The van der Waals surface area contributed by atoms with Crippen LogP contribution in [0.5, 0.6) is 5.88 Å². The molecule has 25 heavy (non-hydrogen) atoms. The summed E-state index contributed by atoms with van der Waals surface area (Å²) in [7, 11) is 0. The van der Waals surface area contributed by atoms with Crippen LogP contribution in [-0.2, 0) is 4.79 Å². The third-order valence-corrected chi connectivity index (χ3v) is 4.61. The van der Waals surface area contributed by atoms with Crippen molar-refractivity contribution in [1.29, 1.82) is 0 Å². The van der Waals surface area contributed by atoms with Crippen LogP contribution in [0.15, 0.2) is 36.7 Å². The molecule has 4 rings (SSSR count). The minimum atomic E-state index is -0.181. The van der Waals surface area contributed by atoms with Gasteiger partial charge >= 0.3 is 0 Å². The quantitative estimate of drug-likeness (QED) is 0.726. The van der Waals surface area contributed by atoms with E-state index < -0.39 is 0 Å². The standard InChI is InChI=1S/C17H16ClN5O2/c18-15-17(20-7-6-19-15)25-11-5-8-23(10-24)14(9-11)16-21-12-3-1-2-4-13(12)22-16/h1-4,6-7,10-11,14H,5,8-9H2,(H,21,22)/t11-,14-/m0/s1. The predicted octanol–water partition coefficient (Wildman–Crippen LogP) is 2.75. The summed E-state index contributed by atoms with van der Waals surface area (Å²) in [6, 6.07) is 7.61. The Kier molecular flexibility index (Phi) is 4.23. The van der Waals surface area contributed by atoms with Gasteiger partial charge < -0.3 is 14.6 Å². The molecule has 0 spiro atoms. The van der Waals surface area contributed by atoms with Gasteiger partial charge in [-0.05, 0) is 12.1 Å². The Morgan fingerprint density at radius 2 is 2.12 bits per heavy atom. The summed E-state index contributed by atoms with van der Waals surface area (Å²) in [5, 5.41) is 0.237. The number of rotatable bonds is 4. The Hall–Kier alpha value is -2.67. The van der Waals surface area contributed by atoms with E-state index in [-0.39, 0.29) is 17.3 Å². The van der Waals surface area contributed by atoms with Crippen LogP contribution in [-0.4, -0.2) is 43.9 Å². The zero-order valence-corrected chi connectivity index (χ0v) is 14.1. The highest BCUT2D eigenvalue weighted by Gasteiger charge is 2.32. The van der Waals surface area contributed by atoms with Gasteiger partial charge in [-0.3, -0.25) is 4.79 Å². The number of ether oxygens (including phenoxy) is 1. The maximum absolute atomic E-state index is 11.5. The largest absolute Gasteiger partial charge is 0.472 e. The van der Waals surface area contributed by atoms with E-state index in [0.29, 0.717) is 25.3 Å². The van der Waals surface area contributed by atoms with Crippen molar-refractivity contribution in [3.05, 3.63) is 47.6 Å². The number of hydrogen-bond acceptors (Lipinski definition) is 5. The molecule has 128 valence electrons. The van der Waals surface area contributed by atoms with Gasteiger partial charge in [-0.15, -0.1) is 0 Å². The molecule has 1 amide bonds. The van der Waals surface area contributed by atoms with Crippen molar-refractivity contribution in [2.45, 2.75) is 25.0 Å². The summed E-state index contributed by atoms with van der Waals surface area (Å²) in [6.07, 6.45) is 5.10. The van der Waals surface area contributed by atoms with Crippen LogP contribution in [0.3, 0.4) is 0 Å². The average Bonchev–Trinajstić information content (AvgIpc) is 3.07. The van der Waals surface area contributed by atoms with Gasteiger partial charge in [0.15, 0.2) is 5.15 Å². The number of aromatic amines is 1. The Morgan fingerprint density at radius 3 is 2.92 bits per heavy atom. The zero-order valence-electron chi connectivity index (χ0n) is 13.3. The zero-order chi connectivity index (χ0) is 17.2. The monoisotopic (exact) mass is 357 g/mol. The van der Waals surface area contributed by atoms with Crippen molar-refractivity contribution in [3.63, 3.8) is 0 Å². The number of carbonyl (C=O) groups is 1. The lowest BCUT2D eigenvalue weighted by atomic mass is 9.99. The summed E-state index contributed by atoms with van der Waals surface area (Å²) >= 11 is 6.02. The number of nitrogens with one attached hydrogen (secondary N) is 1. The number of aromatic nitrogens is 4. The molecule has 0 radical (unpaired) electrons. The number of hydrogen-bond donors (Lipinski definition) is 1. The van der Waals surface area contributed by atoms with Gasteiger partial charge in [0, 0.05) is 31.8 Å². The Balaban J connectivity index is 1.58. The fourth-order valence-corrected chi connectivity index (χ4v) is 3.28. The number of carbonyl (C=O) groups excluding carboxylic acids is 1. The van der Waals surface area contributed by atoms with E-state index in [1.807, 2.05) is 24.3 Å².